The van der Waals surface area contributed by atoms with Crippen molar-refractivity contribution in [1.82, 2.24) is 15.5 Å². The number of aliphatic imine (C=N–C) groups is 1. The number of likely N-dealkylation sites (tertiary alicyclic amines) is 1. The van der Waals surface area contributed by atoms with Crippen LogP contribution in [0.1, 0.15) is 17.5 Å². The molecule has 0 radical (unpaired) electrons. The van der Waals surface area contributed by atoms with E-state index in [1.807, 2.05) is 0 Å². The predicted molar refractivity (Wildman–Crippen MR) is 119 cm³/mol. The van der Waals surface area contributed by atoms with Crippen LogP contribution in [0, 0.1) is 23.7 Å². The monoisotopic (exact) mass is 548 g/mol. The largest absolute Gasteiger partial charge is 0.416 e. The second-order valence-corrected chi connectivity index (χ2v) is 7.88. The summed E-state index contributed by atoms with van der Waals surface area (Å²) in [6, 6.07) is 5.07. The number of alkyl halides is 3. The SMILES string of the molecule is CN=C(NCCN1C(=O)C2C3C=CC(C3)C2C1=O)NCc1cccc(C(F)(F)F)c1.I. The number of allylic oxidation sites excluding steroid dienone is 2. The van der Waals surface area contributed by atoms with Crippen molar-refractivity contribution in [2.75, 3.05) is 20.1 Å². The molecule has 1 aromatic carbocycles. The summed E-state index contributed by atoms with van der Waals surface area (Å²) in [5.41, 5.74) is -0.238. The molecule has 1 aromatic rings. The van der Waals surface area contributed by atoms with Gasteiger partial charge >= 0.3 is 6.18 Å². The lowest BCUT2D eigenvalue weighted by molar-refractivity contribution is -0.140. The Morgan fingerprint density at radius 2 is 1.77 bits per heavy atom. The molecular formula is C21H24F3IN4O2. The van der Waals surface area contributed by atoms with Crippen LogP contribution in [0.3, 0.4) is 0 Å². The Balaban J connectivity index is 0.00000272. The molecule has 4 atom stereocenters. The lowest BCUT2D eigenvalue weighted by atomic mass is 9.85. The molecule has 4 unspecified atom stereocenters. The number of carbonyl (C=O) groups excluding carboxylic acids is 2. The Morgan fingerprint density at radius 1 is 1.13 bits per heavy atom. The number of guanidine groups is 1. The van der Waals surface area contributed by atoms with Gasteiger partial charge in [0.25, 0.3) is 0 Å². The average molecular weight is 548 g/mol. The maximum absolute atomic E-state index is 12.8. The van der Waals surface area contributed by atoms with Crippen molar-refractivity contribution < 1.29 is 22.8 Å². The van der Waals surface area contributed by atoms with Gasteiger partial charge in [-0.25, -0.2) is 0 Å². The van der Waals surface area contributed by atoms with Gasteiger partial charge in [0, 0.05) is 26.7 Å². The van der Waals surface area contributed by atoms with E-state index in [1.165, 1.54) is 11.0 Å². The van der Waals surface area contributed by atoms with Gasteiger partial charge in [0.1, 0.15) is 0 Å². The van der Waals surface area contributed by atoms with E-state index >= 15 is 0 Å². The lowest BCUT2D eigenvalue weighted by Crippen LogP contribution is -2.43. The van der Waals surface area contributed by atoms with Crippen molar-refractivity contribution in [3.8, 4) is 0 Å². The molecule has 1 saturated heterocycles. The van der Waals surface area contributed by atoms with E-state index in [2.05, 4.69) is 27.8 Å². The third-order valence-electron chi connectivity index (χ3n) is 6.13. The Morgan fingerprint density at radius 3 is 2.35 bits per heavy atom. The number of imide groups is 1. The number of carbonyl (C=O) groups is 2. The summed E-state index contributed by atoms with van der Waals surface area (Å²) in [7, 11) is 1.54. The molecule has 2 aliphatic carbocycles. The smallest absolute Gasteiger partial charge is 0.355 e. The van der Waals surface area contributed by atoms with E-state index in [0.29, 0.717) is 18.1 Å². The van der Waals surface area contributed by atoms with Crippen LogP contribution in [0.25, 0.3) is 0 Å². The van der Waals surface area contributed by atoms with Crippen LogP contribution < -0.4 is 10.6 Å². The van der Waals surface area contributed by atoms with Crippen molar-refractivity contribution in [3.63, 3.8) is 0 Å². The second-order valence-electron chi connectivity index (χ2n) is 7.88. The molecule has 0 spiro atoms. The first-order valence-corrected chi connectivity index (χ1v) is 9.94. The van der Waals surface area contributed by atoms with Gasteiger partial charge in [0.15, 0.2) is 5.96 Å². The maximum Gasteiger partial charge on any atom is 0.416 e. The molecule has 10 heteroatoms. The molecule has 1 aliphatic heterocycles. The third-order valence-corrected chi connectivity index (χ3v) is 6.13. The molecule has 6 nitrogen and oxygen atoms in total. The highest BCUT2D eigenvalue weighted by Gasteiger charge is 2.58. The summed E-state index contributed by atoms with van der Waals surface area (Å²) in [5.74, 6) is 0.101. The number of fused-ring (bicyclic) bond motifs is 5. The van der Waals surface area contributed by atoms with Gasteiger partial charge in [-0.05, 0) is 36.0 Å². The van der Waals surface area contributed by atoms with Crippen molar-refractivity contribution in [2.24, 2.45) is 28.7 Å². The van der Waals surface area contributed by atoms with E-state index < -0.39 is 11.7 Å². The second kappa shape index (κ2) is 9.17. The van der Waals surface area contributed by atoms with Crippen LogP contribution in [0.15, 0.2) is 41.4 Å². The number of halogens is 4. The molecular weight excluding hydrogens is 524 g/mol. The van der Waals surface area contributed by atoms with Gasteiger partial charge < -0.3 is 10.6 Å². The van der Waals surface area contributed by atoms with E-state index in [-0.39, 0.29) is 72.6 Å². The molecule has 1 heterocycles. The molecule has 4 rings (SSSR count). The number of benzene rings is 1. The van der Waals surface area contributed by atoms with E-state index in [9.17, 15) is 22.8 Å². The van der Waals surface area contributed by atoms with Crippen molar-refractivity contribution in [1.29, 1.82) is 0 Å². The van der Waals surface area contributed by atoms with Crippen LogP contribution in [0.2, 0.25) is 0 Å². The number of nitrogens with zero attached hydrogens (tertiary/aromatic N) is 2. The molecule has 2 N–H and O–H groups in total. The Hall–Kier alpha value is -2.11. The van der Waals surface area contributed by atoms with Crippen LogP contribution in [0.5, 0.6) is 0 Å². The number of amides is 2. The van der Waals surface area contributed by atoms with E-state index in [4.69, 9.17) is 0 Å². The molecule has 31 heavy (non-hydrogen) atoms. The maximum atomic E-state index is 12.8. The van der Waals surface area contributed by atoms with Crippen molar-refractivity contribution in [3.05, 3.63) is 47.5 Å². The summed E-state index contributed by atoms with van der Waals surface area (Å²) in [6.07, 6.45) is 0.611. The summed E-state index contributed by atoms with van der Waals surface area (Å²) < 4.78 is 38.5. The average Bonchev–Trinajstić information content (AvgIpc) is 3.39. The van der Waals surface area contributed by atoms with Crippen LogP contribution in [0.4, 0.5) is 13.2 Å². The highest BCUT2D eigenvalue weighted by Crippen LogP contribution is 2.52. The predicted octanol–water partition coefficient (Wildman–Crippen LogP) is 2.80. The number of nitrogens with one attached hydrogen (secondary N) is 2. The minimum atomic E-state index is -4.39. The van der Waals surface area contributed by atoms with Crippen molar-refractivity contribution in [2.45, 2.75) is 19.1 Å². The fourth-order valence-corrected chi connectivity index (χ4v) is 4.73. The van der Waals surface area contributed by atoms with Crippen LogP contribution in [-0.4, -0.2) is 42.8 Å². The normalized spacial score (nSPS) is 26.8. The van der Waals surface area contributed by atoms with Crippen molar-refractivity contribution >= 4 is 41.8 Å². The fourth-order valence-electron chi connectivity index (χ4n) is 4.73. The molecule has 0 aromatic heterocycles. The topological polar surface area (TPSA) is 73.8 Å². The summed E-state index contributed by atoms with van der Waals surface area (Å²) in [5, 5.41) is 5.96. The first-order chi connectivity index (χ1) is 14.3. The minimum absolute atomic E-state index is 0. The Bertz CT molecular complexity index is 888. The van der Waals surface area contributed by atoms with Gasteiger partial charge in [-0.2, -0.15) is 13.2 Å². The standard InChI is InChI=1S/C21H23F3N4O2.HI/c1-25-20(27-11-12-3-2-4-15(9-12)21(22,23)24)26-7-8-28-18(29)16-13-5-6-14(10-13)17(16)19(28)30;/h2-6,9,13-14,16-17H,7-8,10-11H2,1H3,(H2,25,26,27);1H. The summed E-state index contributed by atoms with van der Waals surface area (Å²) in [6.45, 7) is 0.695. The zero-order valence-corrected chi connectivity index (χ0v) is 19.2. The van der Waals surface area contributed by atoms with E-state index in [0.717, 1.165) is 18.6 Å². The first kappa shape index (κ1) is 23.6. The minimum Gasteiger partial charge on any atom is -0.355 e. The van der Waals surface area contributed by atoms with Gasteiger partial charge in [0.2, 0.25) is 11.8 Å². The highest BCUT2D eigenvalue weighted by atomic mass is 127. The molecule has 1 saturated carbocycles. The third kappa shape index (κ3) is 4.58. The van der Waals surface area contributed by atoms with Gasteiger partial charge in [0.05, 0.1) is 17.4 Å². The zero-order chi connectivity index (χ0) is 21.5. The zero-order valence-electron chi connectivity index (χ0n) is 16.9. The van der Waals surface area contributed by atoms with Gasteiger partial charge in [-0.15, -0.1) is 24.0 Å². The highest BCUT2D eigenvalue weighted by molar-refractivity contribution is 14.0. The fraction of sp³-hybridized carbons (Fsp3) is 0.476. The molecule has 2 bridgehead atoms. The van der Waals surface area contributed by atoms with Gasteiger partial charge in [-0.1, -0.05) is 24.3 Å². The molecule has 3 aliphatic rings. The Labute approximate surface area is 195 Å². The lowest BCUT2D eigenvalue weighted by Gasteiger charge is -2.18. The first-order valence-electron chi connectivity index (χ1n) is 9.94. The van der Waals surface area contributed by atoms with E-state index in [1.54, 1.807) is 13.1 Å². The van der Waals surface area contributed by atoms with Crippen LogP contribution in [-0.2, 0) is 22.3 Å². The van der Waals surface area contributed by atoms with Crippen LogP contribution >= 0.6 is 24.0 Å². The Kier molecular flexibility index (Phi) is 6.97. The molecule has 168 valence electrons. The number of hydrogen-bond donors (Lipinski definition) is 2. The molecule has 2 fully saturated rings. The number of hydrogen-bond acceptors (Lipinski definition) is 3. The summed E-state index contributed by atoms with van der Waals surface area (Å²) in [4.78, 5) is 30.7. The van der Waals surface area contributed by atoms with Gasteiger partial charge in [-0.3, -0.25) is 19.5 Å². The summed E-state index contributed by atoms with van der Waals surface area (Å²) >= 11 is 0. The quantitative estimate of drug-likeness (QED) is 0.195. The molecule has 2 amide bonds. The number of rotatable bonds is 5.